The van der Waals surface area contributed by atoms with Crippen molar-refractivity contribution < 1.29 is 13.2 Å². The number of nitrogen functional groups attached to an aromatic ring is 1. The lowest BCUT2D eigenvalue weighted by molar-refractivity contribution is -0.137. The fraction of sp³-hybridized carbons (Fsp3) is 0.667. The predicted octanol–water partition coefficient (Wildman–Crippen LogP) is 3.10. The maximum absolute atomic E-state index is 13.3. The van der Waals surface area contributed by atoms with Gasteiger partial charge in [0, 0.05) is 66.8 Å². The molecule has 0 aromatic carbocycles. The molecule has 4 saturated carbocycles. The molecule has 0 radical (unpaired) electrons. The standard InChI is InChI=1S/C24H33F3N6/c1-4-32-5-7-33(8-6-32)18-10-15-20-21(18)23(15,20)19(31-13(2)3)11-17(28)14-9-16(24(25,26)27)22(29)30-12-14/h9,11-13,15,18,20-21H,4-8,10,28H2,1-3H3,(H2,29,30)/t15-,18?,20?,21?,23+/m0/s1. The third-order valence-corrected chi connectivity index (χ3v) is 8.24. The van der Waals surface area contributed by atoms with Crippen molar-refractivity contribution in [3.05, 3.63) is 29.5 Å². The molecule has 1 saturated heterocycles. The Morgan fingerprint density at radius 1 is 1.27 bits per heavy atom. The molecule has 33 heavy (non-hydrogen) atoms. The normalized spacial score (nSPS) is 34.6. The summed E-state index contributed by atoms with van der Waals surface area (Å²) in [5.41, 5.74) is 12.3. The largest absolute Gasteiger partial charge is 0.419 e. The van der Waals surface area contributed by atoms with E-state index in [2.05, 4.69) is 21.7 Å². The van der Waals surface area contributed by atoms with Gasteiger partial charge >= 0.3 is 6.18 Å². The van der Waals surface area contributed by atoms with Crippen LogP contribution >= 0.6 is 0 Å². The van der Waals surface area contributed by atoms with Crippen molar-refractivity contribution in [1.82, 2.24) is 14.8 Å². The van der Waals surface area contributed by atoms with E-state index in [9.17, 15) is 13.2 Å². The number of halogens is 3. The molecule has 6 nitrogen and oxygen atoms in total. The van der Waals surface area contributed by atoms with Gasteiger partial charge in [0.1, 0.15) is 5.82 Å². The van der Waals surface area contributed by atoms with Gasteiger partial charge in [-0.05, 0) is 56.7 Å². The van der Waals surface area contributed by atoms with Crippen LogP contribution in [0.5, 0.6) is 0 Å². The zero-order chi connectivity index (χ0) is 23.7. The number of anilines is 1. The molecule has 5 atom stereocenters. The molecular formula is C24H33F3N6. The summed E-state index contributed by atoms with van der Waals surface area (Å²) >= 11 is 0. The van der Waals surface area contributed by atoms with Crippen LogP contribution in [0.1, 0.15) is 38.3 Å². The minimum atomic E-state index is -4.58. The molecule has 180 valence electrons. The summed E-state index contributed by atoms with van der Waals surface area (Å²) in [6.07, 6.45) is -0.276. The molecule has 3 unspecified atom stereocenters. The number of aliphatic imine (C=N–C) groups is 1. The van der Waals surface area contributed by atoms with Crippen molar-refractivity contribution in [2.75, 3.05) is 38.5 Å². The summed E-state index contributed by atoms with van der Waals surface area (Å²) in [6.45, 7) is 11.8. The van der Waals surface area contributed by atoms with Crippen molar-refractivity contribution in [3.8, 4) is 0 Å². The van der Waals surface area contributed by atoms with Gasteiger partial charge in [-0.15, -0.1) is 0 Å². The van der Waals surface area contributed by atoms with Gasteiger partial charge in [-0.3, -0.25) is 9.89 Å². The van der Waals surface area contributed by atoms with Crippen LogP contribution in [0, 0.1) is 23.2 Å². The summed E-state index contributed by atoms with van der Waals surface area (Å²) in [7, 11) is 0. The topological polar surface area (TPSA) is 83.8 Å². The van der Waals surface area contributed by atoms with E-state index in [1.807, 2.05) is 13.8 Å². The zero-order valence-electron chi connectivity index (χ0n) is 19.4. The van der Waals surface area contributed by atoms with Crippen molar-refractivity contribution in [2.45, 2.75) is 45.5 Å². The Balaban J connectivity index is 1.38. The minimum Gasteiger partial charge on any atom is -0.398 e. The number of hydrogen-bond donors (Lipinski definition) is 2. The highest BCUT2D eigenvalue weighted by Gasteiger charge is 2.93. The van der Waals surface area contributed by atoms with Gasteiger partial charge in [0.15, 0.2) is 0 Å². The third kappa shape index (κ3) is 3.55. The summed E-state index contributed by atoms with van der Waals surface area (Å²) in [4.78, 5) is 13.8. The smallest absolute Gasteiger partial charge is 0.398 e. The number of nitrogens with zero attached hydrogens (tertiary/aromatic N) is 4. The molecule has 0 spiro atoms. The summed E-state index contributed by atoms with van der Waals surface area (Å²) in [5, 5.41) is 0. The molecule has 1 aromatic rings. The predicted molar refractivity (Wildman–Crippen MR) is 123 cm³/mol. The molecule has 5 aliphatic rings. The van der Waals surface area contributed by atoms with E-state index in [-0.39, 0.29) is 22.7 Å². The van der Waals surface area contributed by atoms with Gasteiger partial charge in [-0.25, -0.2) is 4.98 Å². The summed E-state index contributed by atoms with van der Waals surface area (Å²) in [6, 6.07) is 1.66. The molecule has 2 heterocycles. The average molecular weight is 463 g/mol. The monoisotopic (exact) mass is 462 g/mol. The van der Waals surface area contributed by atoms with Crippen LogP contribution < -0.4 is 11.5 Å². The third-order valence-electron chi connectivity index (χ3n) is 8.24. The Kier molecular flexibility index (Phi) is 5.28. The number of hydrogen-bond acceptors (Lipinski definition) is 6. The van der Waals surface area contributed by atoms with Gasteiger partial charge in [0.25, 0.3) is 0 Å². The first kappa shape index (κ1) is 22.7. The lowest BCUT2D eigenvalue weighted by Crippen LogP contribution is -2.50. The molecule has 1 aliphatic heterocycles. The summed E-state index contributed by atoms with van der Waals surface area (Å²) in [5.74, 6) is 1.31. The molecule has 6 rings (SSSR count). The number of rotatable bonds is 6. The number of aromatic nitrogens is 1. The average Bonchev–Trinajstić information content (AvgIpc) is 3.50. The number of pyridine rings is 1. The van der Waals surface area contributed by atoms with Gasteiger partial charge < -0.3 is 16.4 Å². The maximum Gasteiger partial charge on any atom is 0.419 e. The van der Waals surface area contributed by atoms with E-state index in [0.717, 1.165) is 44.5 Å². The summed E-state index contributed by atoms with van der Waals surface area (Å²) < 4.78 is 39.9. The number of alkyl halides is 3. The van der Waals surface area contributed by atoms with Gasteiger partial charge in [0.2, 0.25) is 0 Å². The SMILES string of the molecule is CCN1CCN(C2C[C@H]3C4C2[C@]43C(C=C(N)c2cnc(N)c(C(F)(F)F)c2)=NC(C)C)CC1. The zero-order valence-corrected chi connectivity index (χ0v) is 19.4. The van der Waals surface area contributed by atoms with E-state index in [4.69, 9.17) is 16.5 Å². The Bertz CT molecular complexity index is 988. The highest BCUT2D eigenvalue weighted by atomic mass is 19.4. The van der Waals surface area contributed by atoms with E-state index in [1.54, 1.807) is 6.08 Å². The second-order valence-electron chi connectivity index (χ2n) is 10.2. The van der Waals surface area contributed by atoms with Crippen molar-refractivity contribution in [1.29, 1.82) is 0 Å². The molecule has 4 aliphatic carbocycles. The Labute approximate surface area is 192 Å². The van der Waals surface area contributed by atoms with Crippen LogP contribution in [0.15, 0.2) is 23.3 Å². The van der Waals surface area contributed by atoms with E-state index in [1.165, 1.54) is 12.6 Å². The first-order valence-electron chi connectivity index (χ1n) is 11.9. The quantitative estimate of drug-likeness (QED) is 0.635. The van der Waals surface area contributed by atoms with Gasteiger partial charge in [0.05, 0.1) is 5.56 Å². The van der Waals surface area contributed by atoms with Crippen LogP contribution in [0.3, 0.4) is 0 Å². The van der Waals surface area contributed by atoms with Crippen molar-refractivity contribution in [2.24, 2.45) is 33.9 Å². The van der Waals surface area contributed by atoms with E-state index >= 15 is 0 Å². The second-order valence-corrected chi connectivity index (χ2v) is 10.2. The lowest BCUT2D eigenvalue weighted by Gasteiger charge is -2.37. The van der Waals surface area contributed by atoms with Gasteiger partial charge in [-0.2, -0.15) is 13.2 Å². The van der Waals surface area contributed by atoms with E-state index < -0.39 is 17.6 Å². The number of fused-ring (bicyclic) bond motifs is 1. The number of piperazine rings is 1. The number of likely N-dealkylation sites (N-methyl/N-ethyl adjacent to an activating group) is 1. The highest BCUT2D eigenvalue weighted by molar-refractivity contribution is 6.10. The highest BCUT2D eigenvalue weighted by Crippen LogP contribution is 2.92. The minimum absolute atomic E-state index is 0.0650. The van der Waals surface area contributed by atoms with Gasteiger partial charge in [-0.1, -0.05) is 6.92 Å². The number of nitrogens with two attached hydrogens (primary N) is 2. The number of allylic oxidation sites excluding steroid dienone is 1. The van der Waals surface area contributed by atoms with Crippen LogP contribution in [-0.4, -0.2) is 65.3 Å². The van der Waals surface area contributed by atoms with Crippen LogP contribution in [0.25, 0.3) is 5.70 Å². The van der Waals surface area contributed by atoms with Crippen molar-refractivity contribution in [3.63, 3.8) is 0 Å². The lowest BCUT2D eigenvalue weighted by atomic mass is 9.97. The molecule has 5 fully saturated rings. The molecule has 0 amide bonds. The fourth-order valence-electron chi connectivity index (χ4n) is 6.62. The molecule has 4 N–H and O–H groups in total. The van der Waals surface area contributed by atoms with Crippen LogP contribution in [-0.2, 0) is 6.18 Å². The molecule has 1 aromatic heterocycles. The van der Waals surface area contributed by atoms with E-state index in [0.29, 0.717) is 23.8 Å². The van der Waals surface area contributed by atoms with Crippen LogP contribution in [0.4, 0.5) is 19.0 Å². The molecule has 2 bridgehead atoms. The Morgan fingerprint density at radius 3 is 2.55 bits per heavy atom. The molecular weight excluding hydrogens is 429 g/mol. The maximum atomic E-state index is 13.3. The Morgan fingerprint density at radius 2 is 1.97 bits per heavy atom. The second kappa shape index (κ2) is 7.70. The first-order chi connectivity index (χ1) is 15.6. The van der Waals surface area contributed by atoms with Crippen LogP contribution in [0.2, 0.25) is 0 Å². The molecule has 9 heteroatoms. The Hall–Kier alpha value is -2.13. The first-order valence-corrected chi connectivity index (χ1v) is 11.9. The van der Waals surface area contributed by atoms with Crippen molar-refractivity contribution >= 4 is 17.2 Å². The fourth-order valence-corrected chi connectivity index (χ4v) is 6.62.